The third-order valence-electron chi connectivity index (χ3n) is 3.20. The summed E-state index contributed by atoms with van der Waals surface area (Å²) in [6.45, 7) is 0. The number of aryl methyl sites for hydroxylation is 1. The molecular formula is C13H11FN4O2. The topological polar surface area (TPSA) is 83.0 Å². The van der Waals surface area contributed by atoms with Crippen LogP contribution in [0, 0.1) is 5.82 Å². The predicted molar refractivity (Wildman–Crippen MR) is 71.7 cm³/mol. The number of halogens is 1. The number of hydrogen-bond donors (Lipinski definition) is 1. The fraction of sp³-hybridized carbons (Fsp3) is 0.154. The molecule has 0 aliphatic rings. The minimum Gasteiger partial charge on any atom is -0.465 e. The lowest BCUT2D eigenvalue weighted by molar-refractivity contribution is 0.0596. The number of esters is 1. The molecule has 0 radical (unpaired) electrons. The fourth-order valence-corrected chi connectivity index (χ4v) is 2.25. The molecule has 0 atom stereocenters. The van der Waals surface area contributed by atoms with Crippen LogP contribution in [0.2, 0.25) is 0 Å². The summed E-state index contributed by atoms with van der Waals surface area (Å²) in [6.07, 6.45) is 1.58. The van der Waals surface area contributed by atoms with Crippen LogP contribution in [0.3, 0.4) is 0 Å². The van der Waals surface area contributed by atoms with Gasteiger partial charge in [0.25, 0.3) is 0 Å². The van der Waals surface area contributed by atoms with Gasteiger partial charge >= 0.3 is 5.97 Å². The number of rotatable bonds is 1. The minimum atomic E-state index is -0.739. The monoisotopic (exact) mass is 274 g/mol. The number of fused-ring (bicyclic) bond motifs is 3. The summed E-state index contributed by atoms with van der Waals surface area (Å²) in [5.74, 6) is -1.17. The van der Waals surface area contributed by atoms with Gasteiger partial charge in [-0.05, 0) is 6.07 Å². The highest BCUT2D eigenvalue weighted by Crippen LogP contribution is 2.29. The van der Waals surface area contributed by atoms with Crippen LogP contribution in [0.4, 0.5) is 10.2 Å². The number of benzene rings is 1. The average molecular weight is 274 g/mol. The van der Waals surface area contributed by atoms with Crippen molar-refractivity contribution in [3.63, 3.8) is 0 Å². The van der Waals surface area contributed by atoms with Crippen molar-refractivity contribution in [2.24, 2.45) is 7.05 Å². The van der Waals surface area contributed by atoms with E-state index in [-0.39, 0.29) is 11.4 Å². The second-order valence-corrected chi connectivity index (χ2v) is 4.37. The van der Waals surface area contributed by atoms with E-state index in [1.165, 1.54) is 19.2 Å². The van der Waals surface area contributed by atoms with Gasteiger partial charge < -0.3 is 10.5 Å². The predicted octanol–water partition coefficient (Wildman–Crippen LogP) is 1.63. The number of nitrogens with two attached hydrogens (primary N) is 1. The largest absolute Gasteiger partial charge is 0.465 e. The highest BCUT2D eigenvalue weighted by Gasteiger charge is 2.17. The summed E-state index contributed by atoms with van der Waals surface area (Å²) in [4.78, 5) is 15.7. The summed E-state index contributed by atoms with van der Waals surface area (Å²) in [5.41, 5.74) is 6.74. The number of carbonyl (C=O) groups excluding carboxylic acids is 1. The maximum atomic E-state index is 13.9. The Balaban J connectivity index is 2.48. The van der Waals surface area contributed by atoms with Gasteiger partial charge in [0.2, 0.25) is 0 Å². The highest BCUT2D eigenvalue weighted by molar-refractivity contribution is 6.09. The third-order valence-corrected chi connectivity index (χ3v) is 3.20. The van der Waals surface area contributed by atoms with Gasteiger partial charge in [-0.3, -0.25) is 4.68 Å². The van der Waals surface area contributed by atoms with Gasteiger partial charge in [-0.25, -0.2) is 14.2 Å². The molecule has 0 aliphatic heterocycles. The Morgan fingerprint density at radius 1 is 1.40 bits per heavy atom. The first-order valence-electron chi connectivity index (χ1n) is 5.81. The molecule has 2 N–H and O–H groups in total. The van der Waals surface area contributed by atoms with Crippen LogP contribution in [0.25, 0.3) is 21.8 Å². The van der Waals surface area contributed by atoms with Gasteiger partial charge in [-0.2, -0.15) is 5.10 Å². The number of carbonyl (C=O) groups is 1. The molecule has 0 spiro atoms. The zero-order valence-corrected chi connectivity index (χ0v) is 10.8. The van der Waals surface area contributed by atoms with E-state index < -0.39 is 11.8 Å². The molecule has 2 aromatic heterocycles. The molecule has 0 saturated heterocycles. The first-order valence-corrected chi connectivity index (χ1v) is 5.81. The highest BCUT2D eigenvalue weighted by atomic mass is 19.1. The fourth-order valence-electron chi connectivity index (χ4n) is 2.25. The first kappa shape index (κ1) is 12.3. The number of nitrogen functional groups attached to an aromatic ring is 1. The second kappa shape index (κ2) is 4.16. The van der Waals surface area contributed by atoms with Gasteiger partial charge in [-0.1, -0.05) is 0 Å². The molecule has 3 rings (SSSR count). The molecule has 102 valence electrons. The van der Waals surface area contributed by atoms with E-state index in [0.717, 1.165) is 0 Å². The van der Waals surface area contributed by atoms with Crippen molar-refractivity contribution in [3.8, 4) is 0 Å². The van der Waals surface area contributed by atoms with Crippen LogP contribution in [-0.2, 0) is 11.8 Å². The van der Waals surface area contributed by atoms with E-state index in [0.29, 0.717) is 21.8 Å². The molecule has 7 heteroatoms. The van der Waals surface area contributed by atoms with Crippen LogP contribution in [-0.4, -0.2) is 27.8 Å². The Labute approximate surface area is 112 Å². The van der Waals surface area contributed by atoms with E-state index in [1.54, 1.807) is 17.9 Å². The van der Waals surface area contributed by atoms with Crippen LogP contribution in [0.15, 0.2) is 18.3 Å². The lowest BCUT2D eigenvalue weighted by atomic mass is 10.1. The Hall–Kier alpha value is -2.70. The lowest BCUT2D eigenvalue weighted by Crippen LogP contribution is -2.05. The lowest BCUT2D eigenvalue weighted by Gasteiger charge is -2.07. The van der Waals surface area contributed by atoms with Crippen molar-refractivity contribution in [2.45, 2.75) is 0 Å². The van der Waals surface area contributed by atoms with E-state index in [1.807, 2.05) is 0 Å². The van der Waals surface area contributed by atoms with Crippen LogP contribution < -0.4 is 5.73 Å². The molecular weight excluding hydrogens is 263 g/mol. The molecule has 0 fully saturated rings. The number of hydrogen-bond acceptors (Lipinski definition) is 5. The van der Waals surface area contributed by atoms with E-state index in [9.17, 15) is 9.18 Å². The van der Waals surface area contributed by atoms with E-state index >= 15 is 0 Å². The smallest absolute Gasteiger partial charge is 0.340 e. The molecule has 0 aliphatic carbocycles. The quantitative estimate of drug-likeness (QED) is 0.682. The zero-order valence-electron chi connectivity index (χ0n) is 10.8. The van der Waals surface area contributed by atoms with Crippen molar-refractivity contribution >= 4 is 33.6 Å². The van der Waals surface area contributed by atoms with Gasteiger partial charge in [0.1, 0.15) is 11.6 Å². The Morgan fingerprint density at radius 2 is 2.15 bits per heavy atom. The molecule has 3 aromatic rings. The molecule has 1 aromatic carbocycles. The van der Waals surface area contributed by atoms with E-state index in [2.05, 4.69) is 14.8 Å². The minimum absolute atomic E-state index is 0.144. The molecule has 0 unspecified atom stereocenters. The summed E-state index contributed by atoms with van der Waals surface area (Å²) in [5, 5.41) is 5.36. The number of nitrogens with zero attached hydrogens (tertiary/aromatic N) is 3. The molecule has 0 amide bonds. The number of aromatic nitrogens is 3. The maximum Gasteiger partial charge on any atom is 0.340 e. The molecule has 20 heavy (non-hydrogen) atoms. The molecule has 2 heterocycles. The van der Waals surface area contributed by atoms with Crippen molar-refractivity contribution in [1.29, 1.82) is 0 Å². The van der Waals surface area contributed by atoms with Crippen molar-refractivity contribution in [2.75, 3.05) is 12.8 Å². The number of anilines is 1. The summed E-state index contributed by atoms with van der Waals surface area (Å²) < 4.78 is 20.1. The Bertz CT molecular complexity index is 857. The van der Waals surface area contributed by atoms with Crippen LogP contribution in [0.1, 0.15) is 10.4 Å². The summed E-state index contributed by atoms with van der Waals surface area (Å²) >= 11 is 0. The molecule has 0 saturated carbocycles. The van der Waals surface area contributed by atoms with Gasteiger partial charge in [-0.15, -0.1) is 0 Å². The van der Waals surface area contributed by atoms with Crippen LogP contribution in [0.5, 0.6) is 0 Å². The van der Waals surface area contributed by atoms with Crippen molar-refractivity contribution in [1.82, 2.24) is 14.8 Å². The Kier molecular flexibility index (Phi) is 2.56. The SMILES string of the molecule is COC(=O)c1cc2c(cc1F)nc(N)c1cnn(C)c12. The summed E-state index contributed by atoms with van der Waals surface area (Å²) in [7, 11) is 2.94. The average Bonchev–Trinajstić information content (AvgIpc) is 2.80. The van der Waals surface area contributed by atoms with Crippen molar-refractivity contribution in [3.05, 3.63) is 29.7 Å². The van der Waals surface area contributed by atoms with Crippen LogP contribution >= 0.6 is 0 Å². The third kappa shape index (κ3) is 1.59. The molecule has 0 bridgehead atoms. The zero-order chi connectivity index (χ0) is 14.4. The number of ether oxygens (including phenoxy) is 1. The summed E-state index contributed by atoms with van der Waals surface area (Å²) in [6, 6.07) is 2.58. The number of methoxy groups -OCH3 is 1. The van der Waals surface area contributed by atoms with E-state index in [4.69, 9.17) is 5.73 Å². The van der Waals surface area contributed by atoms with Gasteiger partial charge in [0.05, 0.1) is 35.3 Å². The van der Waals surface area contributed by atoms with Gasteiger partial charge in [0.15, 0.2) is 0 Å². The van der Waals surface area contributed by atoms with Crippen molar-refractivity contribution < 1.29 is 13.9 Å². The maximum absolute atomic E-state index is 13.9. The normalized spacial score (nSPS) is 11.2. The second-order valence-electron chi connectivity index (χ2n) is 4.37. The Morgan fingerprint density at radius 3 is 2.85 bits per heavy atom. The number of pyridine rings is 1. The molecule has 6 nitrogen and oxygen atoms in total. The first-order chi connectivity index (χ1) is 9.52. The standard InChI is InChI=1S/C13H11FN4O2/c1-18-11-7-3-6(13(19)20-2)9(14)4-10(7)17-12(15)8(11)5-16-18/h3-5H,1-2H3,(H2,15,17). The van der Waals surface area contributed by atoms with Gasteiger partial charge in [0, 0.05) is 18.5 Å².